The molecule has 200 valence electrons. The Kier molecular flexibility index (Phi) is 10900. The van der Waals surface area contributed by atoms with Crippen LogP contribution in [0, 0.1) is 23.4 Å². The van der Waals surface area contributed by atoms with Crippen molar-refractivity contribution >= 4 is 9.24 Å². The van der Waals surface area contributed by atoms with Gasteiger partial charge in [0.15, 0.2) is 0 Å². The summed E-state index contributed by atoms with van der Waals surface area (Å²) < 4.78 is 0. The molecule has 0 aliphatic rings. The van der Waals surface area contributed by atoms with E-state index in [1.54, 1.807) is 6.92 Å². The van der Waals surface area contributed by atoms with Crippen LogP contribution >= 0.6 is 9.24 Å². The number of halogens is 6. The lowest BCUT2D eigenvalue weighted by Gasteiger charge is -1.40. The second-order valence-corrected chi connectivity index (χ2v) is 1.18. The molecule has 0 nitrogen and oxygen atoms in total. The van der Waals surface area contributed by atoms with Gasteiger partial charge in [0.2, 0.25) is 0 Å². The molecule has 0 fully saturated rings. The average molecular weight is 475 g/mol. The van der Waals surface area contributed by atoms with Crippen LogP contribution in [-0.4, -0.2) is 0 Å². The third-order valence-electron chi connectivity index (χ3n) is 0.394. The van der Waals surface area contributed by atoms with Gasteiger partial charge in [-0.05, 0) is 20.8 Å². The highest BCUT2D eigenvalue weighted by Crippen LogP contribution is 1.64. The zero-order valence-electron chi connectivity index (χ0n) is 20.0. The number of hydrogen-bond donors (Lipinski definition) is 0. The quantitative estimate of drug-likeness (QED) is 0.186. The van der Waals surface area contributed by atoms with Crippen molar-refractivity contribution in [3.63, 3.8) is 0 Å². The van der Waals surface area contributed by atoms with Crippen LogP contribution in [0.2, 0.25) is 0 Å². The van der Waals surface area contributed by atoms with Crippen LogP contribution in [0.1, 0.15) is 126 Å². The van der Waals surface area contributed by atoms with Gasteiger partial charge in [0, 0.05) is 0 Å². The van der Waals surface area contributed by atoms with Crippen LogP contribution in [0.5, 0.6) is 0 Å². The van der Waals surface area contributed by atoms with Gasteiger partial charge in [0.25, 0.3) is 0 Å². The molecule has 0 saturated carbocycles. The lowest BCUT2D eigenvalue weighted by atomic mass is 10.7. The fourth-order valence-electron chi connectivity index (χ4n) is 0. The van der Waals surface area contributed by atoms with Crippen molar-refractivity contribution in [1.29, 1.82) is 0 Å². The molecule has 0 aromatic carbocycles. The first-order chi connectivity index (χ1) is 9.83. The Balaban J connectivity index is -0.00000000370. The molecule has 0 aliphatic carbocycles. The van der Waals surface area contributed by atoms with Gasteiger partial charge in [0.05, 0.1) is 0 Å². The Morgan fingerprint density at radius 3 is 0.414 bits per heavy atom. The molecule has 0 radical (unpaired) electrons. The summed E-state index contributed by atoms with van der Waals surface area (Å²) in [5.74, 6) is 8.00. The van der Waals surface area contributed by atoms with Gasteiger partial charge in [-0.15, -0.1) is 17.8 Å². The van der Waals surface area contributed by atoms with Crippen LogP contribution < -0.4 is 0 Å². The second kappa shape index (κ2) is 1890. The summed E-state index contributed by atoms with van der Waals surface area (Å²) >= 11 is 0. The van der Waals surface area contributed by atoms with E-state index in [-0.39, 0.29) is 50.5 Å². The predicted octanol–water partition coefficient (Wildman–Crippen LogP) is 10.9. The molecule has 0 bridgehead atoms. The zero-order chi connectivity index (χ0) is 18.8. The highest BCUT2D eigenvalue weighted by atomic mass is 31.0. The van der Waals surface area contributed by atoms with Crippen molar-refractivity contribution in [1.82, 2.24) is 0 Å². The fraction of sp³-hybridized carbons (Fsp3) is 0.818. The van der Waals surface area contributed by atoms with Crippen molar-refractivity contribution in [2.75, 3.05) is 0 Å². The van der Waals surface area contributed by atoms with Crippen molar-refractivity contribution < 1.29 is 28.2 Å². The first kappa shape index (κ1) is 167. The molecule has 7 heteroatoms. The maximum Gasteiger partial charge on any atom is -0.00238 e. The van der Waals surface area contributed by atoms with E-state index in [4.69, 9.17) is 0 Å². The number of hydrogen-bond acceptors (Lipinski definition) is 0. The molecule has 0 aliphatic heterocycles. The maximum atomic E-state index is 2.68. The van der Waals surface area contributed by atoms with Crippen LogP contribution in [0.25, 0.3) is 0 Å². The smallest absolute Gasteiger partial charge is 0.00238 e. The molecule has 0 saturated heterocycles. The molecular formula is C22H65F6P. The molecule has 0 amide bonds. The fourth-order valence-corrected chi connectivity index (χ4v) is 0. The Morgan fingerprint density at radius 2 is 0.414 bits per heavy atom. The van der Waals surface area contributed by atoms with Crippen LogP contribution in [0.15, 0.2) is 0 Å². The molecule has 0 rings (SSSR count). The molecule has 1 atom stereocenters. The molecular weight excluding hydrogens is 409 g/mol. The van der Waals surface area contributed by atoms with E-state index in [1.807, 2.05) is 96.9 Å². The molecule has 0 aromatic rings. The van der Waals surface area contributed by atoms with Gasteiger partial charge in [-0.1, -0.05) is 120 Å². The third-order valence-corrected chi connectivity index (χ3v) is 0.683. The van der Waals surface area contributed by atoms with Crippen LogP contribution in [0.3, 0.4) is 0 Å². The topological polar surface area (TPSA) is 0 Å². The van der Waals surface area contributed by atoms with E-state index >= 15 is 0 Å². The minimum Gasteiger partial charge on any atom is -0.269 e. The lowest BCUT2D eigenvalue weighted by Crippen LogP contribution is -1.28. The average Bonchev–Trinajstić information content (AvgIpc) is 2.65. The van der Waals surface area contributed by atoms with E-state index in [1.165, 1.54) is 0 Å². The SMILES string of the molecule is C.C.C.CC.CC.CC.CC.CC.CC.CC#CC.CC#CP.F.F.F.F.F.F. The molecule has 1 unspecified atom stereocenters. The molecule has 0 N–H and O–H groups in total. The van der Waals surface area contributed by atoms with Gasteiger partial charge < -0.3 is 0 Å². The van der Waals surface area contributed by atoms with Gasteiger partial charge in [-0.25, -0.2) is 0 Å². The third kappa shape index (κ3) is 13400. The molecule has 29 heavy (non-hydrogen) atoms. The zero-order valence-corrected chi connectivity index (χ0v) is 21.2. The number of rotatable bonds is 0. The molecule has 0 heterocycles. The van der Waals surface area contributed by atoms with E-state index in [0.717, 1.165) is 0 Å². The van der Waals surface area contributed by atoms with E-state index in [2.05, 4.69) is 32.7 Å². The Labute approximate surface area is 187 Å². The standard InChI is InChI=1S/C4H6.C3H5P.6C2H6.3CH4.6FH/c1-3-4-2;1-2-3-4;6*1-2;;;;;;;;;/h1-2H3;4H2,1H3;6*1-2H3;3*1H4;6*1H. The summed E-state index contributed by atoms with van der Waals surface area (Å²) in [6, 6.07) is 0. The van der Waals surface area contributed by atoms with E-state index < -0.39 is 0 Å². The van der Waals surface area contributed by atoms with Crippen LogP contribution in [0.4, 0.5) is 28.2 Å². The summed E-state index contributed by atoms with van der Waals surface area (Å²) in [6.45, 7) is 29.4. The van der Waals surface area contributed by atoms with Crippen molar-refractivity contribution in [2.24, 2.45) is 0 Å². The van der Waals surface area contributed by atoms with Crippen molar-refractivity contribution in [3.8, 4) is 23.4 Å². The van der Waals surface area contributed by atoms with E-state index in [9.17, 15) is 0 Å². The van der Waals surface area contributed by atoms with Gasteiger partial charge in [-0.3, -0.25) is 28.2 Å². The van der Waals surface area contributed by atoms with E-state index in [0.29, 0.717) is 0 Å². The van der Waals surface area contributed by atoms with Crippen molar-refractivity contribution in [2.45, 2.75) is 126 Å². The summed E-state index contributed by atoms with van der Waals surface area (Å²) in [5.41, 5.74) is 2.60. The summed E-state index contributed by atoms with van der Waals surface area (Å²) in [7, 11) is 2.29. The predicted molar refractivity (Wildman–Crippen MR) is 146 cm³/mol. The first-order valence-corrected chi connectivity index (χ1v) is 8.87. The normalized spacial score (nSPS) is 2.21. The Hall–Kier alpha value is -0.870. The highest BCUT2D eigenvalue weighted by Gasteiger charge is 1.27. The monoisotopic (exact) mass is 474 g/mol. The lowest BCUT2D eigenvalue weighted by molar-refractivity contribution is 1.11. The Morgan fingerprint density at radius 1 is 0.345 bits per heavy atom. The van der Waals surface area contributed by atoms with Gasteiger partial charge in [0.1, 0.15) is 0 Å². The van der Waals surface area contributed by atoms with Crippen molar-refractivity contribution in [3.05, 3.63) is 0 Å². The van der Waals surface area contributed by atoms with Crippen LogP contribution in [-0.2, 0) is 0 Å². The molecule has 0 aromatic heterocycles. The minimum absolute atomic E-state index is 0. The highest BCUT2D eigenvalue weighted by molar-refractivity contribution is 7.23. The maximum absolute atomic E-state index is 2.68. The Bertz CT molecular complexity index is 119. The second-order valence-electron chi connectivity index (χ2n) is 0.894. The summed E-state index contributed by atoms with van der Waals surface area (Å²) in [5, 5.41) is 0. The summed E-state index contributed by atoms with van der Waals surface area (Å²) in [4.78, 5) is 0. The summed E-state index contributed by atoms with van der Waals surface area (Å²) in [6.07, 6.45) is 0. The van der Waals surface area contributed by atoms with Gasteiger partial charge in [-0.2, -0.15) is 0 Å². The molecule has 0 spiro atoms. The van der Waals surface area contributed by atoms with Gasteiger partial charge >= 0.3 is 0 Å². The minimum atomic E-state index is 0. The largest absolute Gasteiger partial charge is 0.269 e. The first-order valence-electron chi connectivity index (χ1n) is 8.29.